The maximum absolute atomic E-state index is 13.1. The van der Waals surface area contributed by atoms with Crippen LogP contribution in [0.5, 0.6) is 0 Å². The highest BCUT2D eigenvalue weighted by Crippen LogP contribution is 2.28. The minimum absolute atomic E-state index is 0.0455. The molecule has 168 valence electrons. The summed E-state index contributed by atoms with van der Waals surface area (Å²) in [7, 11) is 0. The largest absolute Gasteiger partial charge is 0.344 e. The molecule has 3 aromatic rings. The second-order valence-electron chi connectivity index (χ2n) is 7.65. The van der Waals surface area contributed by atoms with Crippen molar-refractivity contribution >= 4 is 39.9 Å². The average molecular weight is 471 g/mol. The summed E-state index contributed by atoms with van der Waals surface area (Å²) in [4.78, 5) is 26.1. The Morgan fingerprint density at radius 3 is 2.28 bits per heavy atom. The molecule has 2 N–H and O–H groups in total. The maximum Gasteiger partial charge on any atom is 0.249 e. The fourth-order valence-electron chi connectivity index (χ4n) is 3.38. The van der Waals surface area contributed by atoms with Crippen molar-refractivity contribution in [1.82, 2.24) is 15.5 Å². The summed E-state index contributed by atoms with van der Waals surface area (Å²) in [6.07, 6.45) is 1.39. The van der Waals surface area contributed by atoms with E-state index in [1.165, 1.54) is 11.3 Å². The average Bonchev–Trinajstić information content (AvgIpc) is 3.27. The van der Waals surface area contributed by atoms with Crippen molar-refractivity contribution < 1.29 is 9.59 Å². The molecule has 0 aliphatic heterocycles. The molecule has 1 heterocycles. The Hall–Kier alpha value is -2.77. The summed E-state index contributed by atoms with van der Waals surface area (Å²) >= 11 is 7.21. The Labute approximate surface area is 197 Å². The van der Waals surface area contributed by atoms with Gasteiger partial charge in [-0.15, -0.1) is 10.2 Å². The zero-order valence-corrected chi connectivity index (χ0v) is 19.9. The molecule has 0 bridgehead atoms. The standard InChI is InChI=1S/C24H27ClN4O2S/c1-4-15(3)20(26-21(30)19(5-2)16-9-7-6-8-10-16)22(31)27-24-29-28-23(32-24)17-11-13-18(25)14-12-17/h6-15,19-20H,4-5H2,1-3H3,(H,26,30)(H,27,29,31). The van der Waals surface area contributed by atoms with Gasteiger partial charge in [0, 0.05) is 10.6 Å². The van der Waals surface area contributed by atoms with E-state index in [-0.39, 0.29) is 23.7 Å². The molecule has 0 fully saturated rings. The van der Waals surface area contributed by atoms with Gasteiger partial charge in [-0.25, -0.2) is 0 Å². The van der Waals surface area contributed by atoms with E-state index < -0.39 is 6.04 Å². The lowest BCUT2D eigenvalue weighted by Crippen LogP contribution is -2.49. The number of carbonyl (C=O) groups is 2. The van der Waals surface area contributed by atoms with Crippen molar-refractivity contribution in [2.75, 3.05) is 5.32 Å². The molecule has 2 amide bonds. The molecular weight excluding hydrogens is 444 g/mol. The number of nitrogens with zero attached hydrogens (tertiary/aromatic N) is 2. The molecule has 0 spiro atoms. The van der Waals surface area contributed by atoms with E-state index in [1.807, 2.05) is 63.2 Å². The second-order valence-corrected chi connectivity index (χ2v) is 9.07. The predicted octanol–water partition coefficient (Wildman–Crippen LogP) is 5.52. The van der Waals surface area contributed by atoms with Crippen molar-refractivity contribution in [3.05, 3.63) is 65.2 Å². The van der Waals surface area contributed by atoms with Gasteiger partial charge in [-0.05, 0) is 30.0 Å². The summed E-state index contributed by atoms with van der Waals surface area (Å²) in [6.45, 7) is 5.91. The summed E-state index contributed by atoms with van der Waals surface area (Å²) in [5.74, 6) is -0.808. The number of benzene rings is 2. The highest BCUT2D eigenvalue weighted by atomic mass is 35.5. The van der Waals surface area contributed by atoms with E-state index in [0.29, 0.717) is 21.6 Å². The highest BCUT2D eigenvalue weighted by molar-refractivity contribution is 7.18. The Morgan fingerprint density at radius 1 is 0.969 bits per heavy atom. The molecule has 0 saturated heterocycles. The molecule has 1 aromatic heterocycles. The molecule has 0 saturated carbocycles. The van der Waals surface area contributed by atoms with E-state index in [9.17, 15) is 9.59 Å². The lowest BCUT2D eigenvalue weighted by molar-refractivity contribution is -0.128. The Balaban J connectivity index is 1.72. The third kappa shape index (κ3) is 5.93. The van der Waals surface area contributed by atoms with Gasteiger partial charge in [-0.3, -0.25) is 14.9 Å². The van der Waals surface area contributed by atoms with Crippen LogP contribution in [0.3, 0.4) is 0 Å². The van der Waals surface area contributed by atoms with Crippen molar-refractivity contribution in [2.24, 2.45) is 5.92 Å². The van der Waals surface area contributed by atoms with Gasteiger partial charge in [0.1, 0.15) is 11.0 Å². The van der Waals surface area contributed by atoms with E-state index in [4.69, 9.17) is 11.6 Å². The normalized spacial score (nSPS) is 13.8. The summed E-state index contributed by atoms with van der Waals surface area (Å²) < 4.78 is 0. The highest BCUT2D eigenvalue weighted by Gasteiger charge is 2.29. The fraction of sp³-hybridized carbons (Fsp3) is 0.333. The Bertz CT molecular complexity index is 1040. The Kier molecular flexibility index (Phi) is 8.36. The maximum atomic E-state index is 13.1. The first-order chi connectivity index (χ1) is 15.4. The molecule has 6 nitrogen and oxygen atoms in total. The van der Waals surface area contributed by atoms with Gasteiger partial charge in [-0.1, -0.05) is 92.6 Å². The van der Waals surface area contributed by atoms with Crippen molar-refractivity contribution in [3.63, 3.8) is 0 Å². The van der Waals surface area contributed by atoms with Crippen LogP contribution in [0.15, 0.2) is 54.6 Å². The summed E-state index contributed by atoms with van der Waals surface area (Å²) in [5, 5.41) is 15.8. The molecule has 2 aromatic carbocycles. The van der Waals surface area contributed by atoms with Gasteiger partial charge in [0.2, 0.25) is 16.9 Å². The summed E-state index contributed by atoms with van der Waals surface area (Å²) in [5.41, 5.74) is 1.81. The molecule has 32 heavy (non-hydrogen) atoms. The number of halogens is 1. The van der Waals surface area contributed by atoms with Gasteiger partial charge in [0.05, 0.1) is 5.92 Å². The van der Waals surface area contributed by atoms with Crippen LogP contribution in [0.2, 0.25) is 5.02 Å². The van der Waals surface area contributed by atoms with Crippen LogP contribution in [0.1, 0.15) is 45.1 Å². The zero-order valence-electron chi connectivity index (χ0n) is 18.3. The number of amides is 2. The first kappa shape index (κ1) is 23.9. The molecule has 3 rings (SSSR count). The number of hydrogen-bond donors (Lipinski definition) is 2. The monoisotopic (exact) mass is 470 g/mol. The number of nitrogens with one attached hydrogen (secondary N) is 2. The van der Waals surface area contributed by atoms with Crippen LogP contribution < -0.4 is 10.6 Å². The Morgan fingerprint density at radius 2 is 1.66 bits per heavy atom. The van der Waals surface area contributed by atoms with Crippen LogP contribution >= 0.6 is 22.9 Å². The summed E-state index contributed by atoms with van der Waals surface area (Å²) in [6, 6.07) is 16.2. The van der Waals surface area contributed by atoms with Crippen LogP contribution in [0.4, 0.5) is 5.13 Å². The minimum atomic E-state index is -0.673. The molecule has 0 aliphatic carbocycles. The van der Waals surface area contributed by atoms with Gasteiger partial charge in [0.25, 0.3) is 0 Å². The van der Waals surface area contributed by atoms with E-state index in [1.54, 1.807) is 12.1 Å². The van der Waals surface area contributed by atoms with E-state index >= 15 is 0 Å². The van der Waals surface area contributed by atoms with Gasteiger partial charge in [0.15, 0.2) is 0 Å². The molecule has 3 unspecified atom stereocenters. The third-order valence-corrected chi connectivity index (χ3v) is 6.61. The molecule has 8 heteroatoms. The number of aromatic nitrogens is 2. The smallest absolute Gasteiger partial charge is 0.249 e. The predicted molar refractivity (Wildman–Crippen MR) is 130 cm³/mol. The SMILES string of the molecule is CCC(C(=O)NC(C(=O)Nc1nnc(-c2ccc(Cl)cc2)s1)C(C)CC)c1ccccc1. The van der Waals surface area contributed by atoms with E-state index in [2.05, 4.69) is 20.8 Å². The minimum Gasteiger partial charge on any atom is -0.344 e. The first-order valence-electron chi connectivity index (χ1n) is 10.7. The molecule has 0 aliphatic rings. The molecule has 0 radical (unpaired) electrons. The first-order valence-corrected chi connectivity index (χ1v) is 11.9. The van der Waals surface area contributed by atoms with Crippen LogP contribution in [-0.4, -0.2) is 28.1 Å². The van der Waals surface area contributed by atoms with Crippen LogP contribution in [0.25, 0.3) is 10.6 Å². The third-order valence-electron chi connectivity index (χ3n) is 5.47. The lowest BCUT2D eigenvalue weighted by atomic mass is 9.93. The lowest BCUT2D eigenvalue weighted by Gasteiger charge is -2.25. The number of hydrogen-bond acceptors (Lipinski definition) is 5. The van der Waals surface area contributed by atoms with Gasteiger partial charge < -0.3 is 5.32 Å². The number of anilines is 1. The van der Waals surface area contributed by atoms with E-state index in [0.717, 1.165) is 17.5 Å². The van der Waals surface area contributed by atoms with Crippen molar-refractivity contribution in [2.45, 2.75) is 45.6 Å². The number of carbonyl (C=O) groups excluding carboxylic acids is 2. The fourth-order valence-corrected chi connectivity index (χ4v) is 4.26. The van der Waals surface area contributed by atoms with Crippen molar-refractivity contribution in [1.29, 1.82) is 0 Å². The van der Waals surface area contributed by atoms with Gasteiger partial charge >= 0.3 is 0 Å². The van der Waals surface area contributed by atoms with Crippen LogP contribution in [-0.2, 0) is 9.59 Å². The molecular formula is C24H27ClN4O2S. The molecule has 3 atom stereocenters. The van der Waals surface area contributed by atoms with Gasteiger partial charge in [-0.2, -0.15) is 0 Å². The van der Waals surface area contributed by atoms with Crippen molar-refractivity contribution in [3.8, 4) is 10.6 Å². The van der Waals surface area contributed by atoms with Crippen LogP contribution in [0, 0.1) is 5.92 Å². The quantitative estimate of drug-likeness (QED) is 0.431. The number of rotatable bonds is 9. The zero-order chi connectivity index (χ0) is 23.1. The topological polar surface area (TPSA) is 84.0 Å². The second kappa shape index (κ2) is 11.2.